The number of furan rings is 1. The largest absolute Gasteiger partial charge is 0.465 e. The maximum atomic E-state index is 12.2. The lowest BCUT2D eigenvalue weighted by molar-refractivity contribution is 0.150. The van der Waals surface area contributed by atoms with Gasteiger partial charge >= 0.3 is 6.03 Å². The van der Waals surface area contributed by atoms with Crippen LogP contribution in [0.3, 0.4) is 0 Å². The van der Waals surface area contributed by atoms with Crippen LogP contribution in [0.5, 0.6) is 0 Å². The molecule has 26 heavy (non-hydrogen) atoms. The number of aryl methyl sites for hydroxylation is 1. The molecule has 0 bridgehead atoms. The first-order valence-electron chi connectivity index (χ1n) is 9.52. The third-order valence-electron chi connectivity index (χ3n) is 5.28. The van der Waals surface area contributed by atoms with Gasteiger partial charge in [0.1, 0.15) is 11.5 Å². The molecule has 4 rings (SSSR count). The summed E-state index contributed by atoms with van der Waals surface area (Å²) in [6, 6.07) is 6.47. The SMILES string of the molecule is Cc1ccc(CN2Cc3ccnn3[C@H](CCNC(=O)N3CCCC3)C2)o1. The second-order valence-corrected chi connectivity index (χ2v) is 7.32. The van der Waals surface area contributed by atoms with Gasteiger partial charge < -0.3 is 14.6 Å². The number of aromatic nitrogens is 2. The predicted octanol–water partition coefficient (Wildman–Crippen LogP) is 2.54. The van der Waals surface area contributed by atoms with Crippen molar-refractivity contribution in [1.29, 1.82) is 0 Å². The standard InChI is InChI=1S/C19H27N5O2/c1-15-4-5-18(26-15)14-22-12-16(24-17(13-22)7-9-21-24)6-8-20-19(25)23-10-2-3-11-23/h4-5,7,9,16H,2-3,6,8,10-14H2,1H3,(H,20,25)/t16-/m1/s1. The van der Waals surface area contributed by atoms with E-state index in [-0.39, 0.29) is 12.1 Å². The number of nitrogens with one attached hydrogen (secondary N) is 1. The van der Waals surface area contributed by atoms with Crippen molar-refractivity contribution in [2.24, 2.45) is 0 Å². The first-order valence-corrected chi connectivity index (χ1v) is 9.52. The fourth-order valence-corrected chi connectivity index (χ4v) is 3.97. The predicted molar refractivity (Wildman–Crippen MR) is 97.6 cm³/mol. The minimum Gasteiger partial charge on any atom is -0.465 e. The molecule has 0 radical (unpaired) electrons. The van der Waals surface area contributed by atoms with Crippen molar-refractivity contribution >= 4 is 6.03 Å². The molecule has 1 N–H and O–H groups in total. The monoisotopic (exact) mass is 357 g/mol. The van der Waals surface area contributed by atoms with Gasteiger partial charge in [0.05, 0.1) is 18.3 Å². The summed E-state index contributed by atoms with van der Waals surface area (Å²) in [5, 5.41) is 7.57. The van der Waals surface area contributed by atoms with Crippen molar-refractivity contribution in [3.05, 3.63) is 41.6 Å². The Morgan fingerprint density at radius 3 is 2.92 bits per heavy atom. The van der Waals surface area contributed by atoms with Crippen LogP contribution < -0.4 is 5.32 Å². The average Bonchev–Trinajstić information content (AvgIpc) is 3.36. The van der Waals surface area contributed by atoms with Gasteiger partial charge in [-0.25, -0.2) is 4.79 Å². The minimum atomic E-state index is 0.0712. The number of carbonyl (C=O) groups is 1. The Bertz CT molecular complexity index is 747. The Hall–Kier alpha value is -2.28. The number of urea groups is 1. The highest BCUT2D eigenvalue weighted by molar-refractivity contribution is 5.74. The Morgan fingerprint density at radius 2 is 2.15 bits per heavy atom. The summed E-state index contributed by atoms with van der Waals surface area (Å²) in [5.41, 5.74) is 1.22. The molecule has 0 aliphatic carbocycles. The maximum Gasteiger partial charge on any atom is 0.317 e. The number of rotatable bonds is 5. The van der Waals surface area contributed by atoms with E-state index in [4.69, 9.17) is 4.42 Å². The molecular weight excluding hydrogens is 330 g/mol. The summed E-state index contributed by atoms with van der Waals surface area (Å²) >= 11 is 0. The Balaban J connectivity index is 1.34. The topological polar surface area (TPSA) is 66.5 Å². The van der Waals surface area contributed by atoms with Crippen LogP contribution in [-0.2, 0) is 13.1 Å². The number of amides is 2. The molecule has 1 atom stereocenters. The Kier molecular flexibility index (Phi) is 4.97. The summed E-state index contributed by atoms with van der Waals surface area (Å²) in [4.78, 5) is 16.5. The fourth-order valence-electron chi connectivity index (χ4n) is 3.97. The van der Waals surface area contributed by atoms with Crippen molar-refractivity contribution in [3.63, 3.8) is 0 Å². The van der Waals surface area contributed by atoms with Crippen LogP contribution in [0.2, 0.25) is 0 Å². The van der Waals surface area contributed by atoms with Gasteiger partial charge in [0.2, 0.25) is 0 Å². The molecule has 1 fully saturated rings. The highest BCUT2D eigenvalue weighted by atomic mass is 16.3. The fraction of sp³-hybridized carbons (Fsp3) is 0.579. The van der Waals surface area contributed by atoms with Crippen LogP contribution in [-0.4, -0.2) is 51.8 Å². The van der Waals surface area contributed by atoms with Gasteiger partial charge in [-0.2, -0.15) is 5.10 Å². The third kappa shape index (κ3) is 3.77. The van der Waals surface area contributed by atoms with Crippen molar-refractivity contribution < 1.29 is 9.21 Å². The summed E-state index contributed by atoms with van der Waals surface area (Å²) in [6.45, 7) is 7.00. The number of nitrogens with zero attached hydrogens (tertiary/aromatic N) is 4. The molecule has 2 aliphatic rings. The molecule has 7 heteroatoms. The van der Waals surface area contributed by atoms with E-state index in [1.807, 2.05) is 30.2 Å². The molecule has 0 unspecified atom stereocenters. The first-order chi connectivity index (χ1) is 12.7. The third-order valence-corrected chi connectivity index (χ3v) is 5.28. The van der Waals surface area contributed by atoms with E-state index in [1.54, 1.807) is 0 Å². The minimum absolute atomic E-state index is 0.0712. The molecule has 2 aromatic rings. The molecule has 2 amide bonds. The van der Waals surface area contributed by atoms with Gasteiger partial charge in [0.25, 0.3) is 0 Å². The van der Waals surface area contributed by atoms with E-state index in [1.165, 1.54) is 5.69 Å². The number of carbonyl (C=O) groups excluding carboxylic acids is 1. The van der Waals surface area contributed by atoms with E-state index in [2.05, 4.69) is 26.1 Å². The first kappa shape index (κ1) is 17.1. The van der Waals surface area contributed by atoms with Crippen molar-refractivity contribution in [2.45, 2.75) is 45.3 Å². The number of fused-ring (bicyclic) bond motifs is 1. The van der Waals surface area contributed by atoms with Gasteiger partial charge in [-0.15, -0.1) is 0 Å². The molecule has 0 aromatic carbocycles. The zero-order valence-corrected chi connectivity index (χ0v) is 15.4. The van der Waals surface area contributed by atoms with E-state index in [0.29, 0.717) is 6.54 Å². The van der Waals surface area contributed by atoms with Crippen LogP contribution in [0.4, 0.5) is 4.79 Å². The molecule has 2 aliphatic heterocycles. The lowest BCUT2D eigenvalue weighted by Crippen LogP contribution is -2.41. The summed E-state index contributed by atoms with van der Waals surface area (Å²) in [5.74, 6) is 1.94. The molecule has 7 nitrogen and oxygen atoms in total. The molecule has 4 heterocycles. The van der Waals surface area contributed by atoms with Crippen molar-refractivity contribution in [3.8, 4) is 0 Å². The number of hydrogen-bond acceptors (Lipinski definition) is 4. The average molecular weight is 357 g/mol. The number of hydrogen-bond donors (Lipinski definition) is 1. The van der Waals surface area contributed by atoms with Gasteiger partial charge in [-0.1, -0.05) is 0 Å². The van der Waals surface area contributed by atoms with Gasteiger partial charge in [0, 0.05) is 38.9 Å². The zero-order valence-electron chi connectivity index (χ0n) is 15.4. The quantitative estimate of drug-likeness (QED) is 0.893. The van der Waals surface area contributed by atoms with E-state index in [9.17, 15) is 4.79 Å². The van der Waals surface area contributed by atoms with E-state index >= 15 is 0 Å². The van der Waals surface area contributed by atoms with E-state index in [0.717, 1.165) is 63.5 Å². The highest BCUT2D eigenvalue weighted by Gasteiger charge is 2.26. The summed E-state index contributed by atoms with van der Waals surface area (Å²) in [6.07, 6.45) is 4.98. The number of likely N-dealkylation sites (tertiary alicyclic amines) is 1. The van der Waals surface area contributed by atoms with Crippen LogP contribution >= 0.6 is 0 Å². The van der Waals surface area contributed by atoms with Gasteiger partial charge in [-0.05, 0) is 44.4 Å². The molecule has 1 saturated heterocycles. The zero-order chi connectivity index (χ0) is 17.9. The van der Waals surface area contributed by atoms with Gasteiger partial charge in [0.15, 0.2) is 0 Å². The Labute approximate surface area is 153 Å². The van der Waals surface area contributed by atoms with Crippen molar-refractivity contribution in [1.82, 2.24) is 24.9 Å². The summed E-state index contributed by atoms with van der Waals surface area (Å²) < 4.78 is 7.85. The second kappa shape index (κ2) is 7.53. The second-order valence-electron chi connectivity index (χ2n) is 7.32. The van der Waals surface area contributed by atoms with Crippen LogP contribution in [0, 0.1) is 6.92 Å². The normalized spacial score (nSPS) is 20.3. The van der Waals surface area contributed by atoms with Crippen LogP contribution in [0.25, 0.3) is 0 Å². The summed E-state index contributed by atoms with van der Waals surface area (Å²) in [7, 11) is 0. The molecule has 0 spiro atoms. The Morgan fingerprint density at radius 1 is 1.31 bits per heavy atom. The van der Waals surface area contributed by atoms with Gasteiger partial charge in [-0.3, -0.25) is 9.58 Å². The smallest absolute Gasteiger partial charge is 0.317 e. The lowest BCUT2D eigenvalue weighted by atomic mass is 10.1. The molecule has 140 valence electrons. The van der Waals surface area contributed by atoms with E-state index < -0.39 is 0 Å². The van der Waals surface area contributed by atoms with Crippen molar-refractivity contribution in [2.75, 3.05) is 26.2 Å². The maximum absolute atomic E-state index is 12.2. The molecule has 0 saturated carbocycles. The molecule has 2 aromatic heterocycles. The lowest BCUT2D eigenvalue weighted by Gasteiger charge is -2.33. The molecular formula is C19H27N5O2. The highest BCUT2D eigenvalue weighted by Crippen LogP contribution is 2.24. The van der Waals surface area contributed by atoms with Crippen LogP contribution in [0.15, 0.2) is 28.8 Å². The van der Waals surface area contributed by atoms with Crippen LogP contribution in [0.1, 0.15) is 42.5 Å².